The van der Waals surface area contributed by atoms with Gasteiger partial charge in [0.15, 0.2) is 22.8 Å². The molecule has 0 saturated heterocycles. The first kappa shape index (κ1) is 20.3. The Morgan fingerprint density at radius 2 is 2.21 bits per heavy atom. The maximum Gasteiger partial charge on any atom is 0.350 e. The van der Waals surface area contributed by atoms with Gasteiger partial charge in [0.1, 0.15) is 23.8 Å². The second-order valence-electron chi connectivity index (χ2n) is 6.11. The Bertz CT molecular complexity index is 989. The van der Waals surface area contributed by atoms with Gasteiger partial charge >= 0.3 is 5.97 Å². The molecular weight excluding hydrogens is 398 g/mol. The molecule has 11 heteroatoms. The topological polar surface area (TPSA) is 137 Å². The molecule has 0 fully saturated rings. The molecule has 1 unspecified atom stereocenters. The van der Waals surface area contributed by atoms with Crippen molar-refractivity contribution >= 4 is 45.9 Å². The number of ether oxygens (including phenoxy) is 2. The number of thiazole rings is 1. The lowest BCUT2D eigenvalue weighted by Gasteiger charge is -2.31. The molecule has 1 aliphatic rings. The monoisotopic (exact) mass is 417 g/mol. The van der Waals surface area contributed by atoms with Gasteiger partial charge in [0.2, 0.25) is 5.91 Å². The summed E-state index contributed by atoms with van der Waals surface area (Å²) in [5.41, 5.74) is 6.12. The second kappa shape index (κ2) is 8.27. The van der Waals surface area contributed by atoms with Crippen molar-refractivity contribution in [2.75, 3.05) is 29.1 Å². The van der Waals surface area contributed by atoms with Crippen LogP contribution in [-0.4, -0.2) is 47.0 Å². The summed E-state index contributed by atoms with van der Waals surface area (Å²) < 4.78 is 10.5. The first-order valence-electron chi connectivity index (χ1n) is 8.60. The number of amides is 2. The molecule has 1 aliphatic heterocycles. The lowest BCUT2D eigenvalue weighted by Crippen LogP contribution is -2.48. The van der Waals surface area contributed by atoms with E-state index < -0.39 is 23.9 Å². The smallest absolute Gasteiger partial charge is 0.350 e. The highest BCUT2D eigenvalue weighted by atomic mass is 32.1. The Labute approximate surface area is 170 Å². The number of nitrogens with zero attached hydrogens (tertiary/aromatic N) is 3. The van der Waals surface area contributed by atoms with E-state index in [0.717, 1.165) is 11.3 Å². The third-order valence-corrected chi connectivity index (χ3v) is 4.95. The standard InChI is InChI=1S/C18H19N5O5S/c1-4-7-27-17(26)14-9(2)20-18(29-14)22-13(24)8-23-15-11(5-6-12(19)21-15)28-10(3)16(23)25/h4-6,10H,1,7-8H2,2-3H3,(H2,19,21)(H,20,22,24). The summed E-state index contributed by atoms with van der Waals surface area (Å²) in [5, 5.41) is 2.80. The summed E-state index contributed by atoms with van der Waals surface area (Å²) in [6.45, 7) is 6.45. The molecule has 3 heterocycles. The number of pyridine rings is 1. The van der Waals surface area contributed by atoms with Crippen molar-refractivity contribution in [1.82, 2.24) is 9.97 Å². The predicted octanol–water partition coefficient (Wildman–Crippen LogP) is 1.52. The third kappa shape index (κ3) is 4.35. The van der Waals surface area contributed by atoms with E-state index in [-0.39, 0.29) is 34.8 Å². The van der Waals surface area contributed by atoms with Gasteiger partial charge in [0, 0.05) is 0 Å². The highest BCUT2D eigenvalue weighted by Gasteiger charge is 2.34. The number of rotatable bonds is 6. The van der Waals surface area contributed by atoms with E-state index in [1.54, 1.807) is 26.0 Å². The average molecular weight is 417 g/mol. The molecule has 3 N–H and O–H groups in total. The van der Waals surface area contributed by atoms with Gasteiger partial charge in [-0.15, -0.1) is 0 Å². The maximum atomic E-state index is 12.5. The van der Waals surface area contributed by atoms with Crippen LogP contribution in [0.3, 0.4) is 0 Å². The van der Waals surface area contributed by atoms with E-state index in [9.17, 15) is 14.4 Å². The summed E-state index contributed by atoms with van der Waals surface area (Å²) in [6, 6.07) is 3.14. The molecule has 0 spiro atoms. The van der Waals surface area contributed by atoms with E-state index in [4.69, 9.17) is 15.2 Å². The van der Waals surface area contributed by atoms with Crippen molar-refractivity contribution in [3.05, 3.63) is 35.4 Å². The fourth-order valence-electron chi connectivity index (χ4n) is 2.59. The van der Waals surface area contributed by atoms with Crippen LogP contribution < -0.4 is 20.7 Å². The van der Waals surface area contributed by atoms with Crippen molar-refractivity contribution in [3.8, 4) is 5.75 Å². The summed E-state index contributed by atoms with van der Waals surface area (Å²) >= 11 is 0.982. The Morgan fingerprint density at radius 3 is 2.93 bits per heavy atom. The summed E-state index contributed by atoms with van der Waals surface area (Å²) in [6.07, 6.45) is 0.685. The van der Waals surface area contributed by atoms with Crippen molar-refractivity contribution in [1.29, 1.82) is 0 Å². The molecule has 0 saturated carbocycles. The molecule has 0 aliphatic carbocycles. The van der Waals surface area contributed by atoms with Crippen molar-refractivity contribution < 1.29 is 23.9 Å². The molecule has 0 bridgehead atoms. The third-order valence-electron chi connectivity index (χ3n) is 3.90. The number of hydrogen-bond acceptors (Lipinski definition) is 9. The normalized spacial score (nSPS) is 15.3. The second-order valence-corrected chi connectivity index (χ2v) is 7.11. The van der Waals surface area contributed by atoms with Crippen molar-refractivity contribution in [2.45, 2.75) is 20.0 Å². The Hall–Kier alpha value is -3.47. The number of aryl methyl sites for hydroxylation is 1. The highest BCUT2D eigenvalue weighted by Crippen LogP contribution is 2.33. The minimum absolute atomic E-state index is 0.0741. The van der Waals surface area contributed by atoms with E-state index in [1.165, 1.54) is 11.0 Å². The zero-order chi connectivity index (χ0) is 21.1. The van der Waals surface area contributed by atoms with E-state index in [1.807, 2.05) is 0 Å². The van der Waals surface area contributed by atoms with E-state index in [2.05, 4.69) is 21.9 Å². The van der Waals surface area contributed by atoms with Gasteiger partial charge in [-0.1, -0.05) is 24.0 Å². The number of fused-ring (bicyclic) bond motifs is 1. The number of carbonyl (C=O) groups is 3. The van der Waals surface area contributed by atoms with Gasteiger partial charge in [-0.3, -0.25) is 14.5 Å². The first-order chi connectivity index (χ1) is 13.8. The lowest BCUT2D eigenvalue weighted by molar-refractivity contribution is -0.127. The Kier molecular flexibility index (Phi) is 5.78. The molecule has 29 heavy (non-hydrogen) atoms. The Morgan fingerprint density at radius 1 is 1.45 bits per heavy atom. The van der Waals surface area contributed by atoms with Gasteiger partial charge in [-0.05, 0) is 26.0 Å². The fourth-order valence-corrected chi connectivity index (χ4v) is 3.47. The zero-order valence-corrected chi connectivity index (χ0v) is 16.6. The van der Waals surface area contributed by atoms with Crippen molar-refractivity contribution in [3.63, 3.8) is 0 Å². The average Bonchev–Trinajstić information content (AvgIpc) is 3.04. The fraction of sp³-hybridized carbons (Fsp3) is 0.278. The van der Waals surface area contributed by atoms with Crippen LogP contribution in [0.4, 0.5) is 16.8 Å². The zero-order valence-electron chi connectivity index (χ0n) is 15.8. The molecule has 3 rings (SSSR count). The largest absolute Gasteiger partial charge is 0.477 e. The van der Waals surface area contributed by atoms with Gasteiger partial charge in [-0.25, -0.2) is 14.8 Å². The molecule has 2 amide bonds. The number of nitrogens with two attached hydrogens (primary N) is 1. The number of nitrogens with one attached hydrogen (secondary N) is 1. The number of nitrogen functional groups attached to an aromatic ring is 1. The van der Waals surface area contributed by atoms with E-state index in [0.29, 0.717) is 11.4 Å². The van der Waals surface area contributed by atoms with Gasteiger partial charge in [0.25, 0.3) is 5.91 Å². The predicted molar refractivity (Wildman–Crippen MR) is 107 cm³/mol. The summed E-state index contributed by atoms with van der Waals surface area (Å²) in [5.74, 6) is -0.759. The van der Waals surface area contributed by atoms with Crippen LogP contribution in [0.15, 0.2) is 24.8 Å². The van der Waals surface area contributed by atoms with Gasteiger partial charge in [-0.2, -0.15) is 0 Å². The van der Waals surface area contributed by atoms with Crippen LogP contribution in [-0.2, 0) is 14.3 Å². The number of esters is 1. The molecule has 0 radical (unpaired) electrons. The Balaban J connectivity index is 1.74. The molecule has 1 atom stereocenters. The van der Waals surface area contributed by atoms with Crippen LogP contribution in [0.2, 0.25) is 0 Å². The minimum Gasteiger partial charge on any atom is -0.477 e. The van der Waals surface area contributed by atoms with Gasteiger partial charge in [0.05, 0.1) is 5.69 Å². The number of carbonyl (C=O) groups excluding carboxylic acids is 3. The van der Waals surface area contributed by atoms with E-state index >= 15 is 0 Å². The quantitative estimate of drug-likeness (QED) is 0.533. The maximum absolute atomic E-state index is 12.5. The molecule has 2 aromatic rings. The SMILES string of the molecule is C=CCOC(=O)c1sc(NC(=O)CN2C(=O)C(C)Oc3ccc(N)nc32)nc1C. The van der Waals surface area contributed by atoms with Crippen LogP contribution in [0.5, 0.6) is 5.75 Å². The molecule has 0 aromatic carbocycles. The van der Waals surface area contributed by atoms with Crippen LogP contribution >= 0.6 is 11.3 Å². The molecule has 10 nitrogen and oxygen atoms in total. The van der Waals surface area contributed by atoms with Crippen LogP contribution in [0, 0.1) is 6.92 Å². The van der Waals surface area contributed by atoms with Gasteiger partial charge < -0.3 is 20.5 Å². The number of anilines is 3. The van der Waals surface area contributed by atoms with Crippen molar-refractivity contribution in [2.24, 2.45) is 0 Å². The van der Waals surface area contributed by atoms with Crippen LogP contribution in [0.1, 0.15) is 22.3 Å². The molecule has 2 aromatic heterocycles. The number of aromatic nitrogens is 2. The van der Waals surface area contributed by atoms with Crippen LogP contribution in [0.25, 0.3) is 0 Å². The molecule has 152 valence electrons. The summed E-state index contributed by atoms with van der Waals surface area (Å²) in [4.78, 5) is 46.8. The molecular formula is C18H19N5O5S. The number of hydrogen-bond donors (Lipinski definition) is 2. The minimum atomic E-state index is -0.769. The summed E-state index contributed by atoms with van der Waals surface area (Å²) in [7, 11) is 0. The first-order valence-corrected chi connectivity index (χ1v) is 9.41. The lowest BCUT2D eigenvalue weighted by atomic mass is 10.2. The highest BCUT2D eigenvalue weighted by molar-refractivity contribution is 7.17.